The van der Waals surface area contributed by atoms with Crippen LogP contribution in [0.15, 0.2) is 30.3 Å². The average Bonchev–Trinajstić information content (AvgIpc) is 2.42. The Labute approximate surface area is 112 Å². The third-order valence-corrected chi connectivity index (χ3v) is 3.22. The number of hydrogen-bond donors (Lipinski definition) is 1. The molecule has 5 heteroatoms. The van der Waals surface area contributed by atoms with E-state index in [0.29, 0.717) is 6.61 Å². The van der Waals surface area contributed by atoms with Crippen LogP contribution in [0.4, 0.5) is 0 Å². The van der Waals surface area contributed by atoms with Crippen molar-refractivity contribution in [2.45, 2.75) is 19.0 Å². The second-order valence-corrected chi connectivity index (χ2v) is 4.68. The van der Waals surface area contributed by atoms with Crippen LogP contribution in [0.5, 0.6) is 0 Å². The second-order valence-electron chi connectivity index (χ2n) is 4.68. The van der Waals surface area contributed by atoms with Crippen molar-refractivity contribution in [3.63, 3.8) is 0 Å². The van der Waals surface area contributed by atoms with Gasteiger partial charge in [0, 0.05) is 7.11 Å². The van der Waals surface area contributed by atoms with Crippen LogP contribution in [-0.4, -0.2) is 43.0 Å². The molecule has 2 amide bonds. The maximum Gasteiger partial charge on any atom is 0.250 e. The van der Waals surface area contributed by atoms with Gasteiger partial charge in [0.1, 0.15) is 6.04 Å². The summed E-state index contributed by atoms with van der Waals surface area (Å²) >= 11 is 0. The first-order chi connectivity index (χ1) is 9.13. The topological polar surface area (TPSA) is 58.6 Å². The number of amides is 2. The maximum atomic E-state index is 12.4. The minimum atomic E-state index is -0.596. The van der Waals surface area contributed by atoms with E-state index >= 15 is 0 Å². The van der Waals surface area contributed by atoms with E-state index in [4.69, 9.17) is 4.74 Å². The molecule has 1 aromatic rings. The van der Waals surface area contributed by atoms with Crippen LogP contribution >= 0.6 is 0 Å². The fourth-order valence-electron chi connectivity index (χ4n) is 2.24. The van der Waals surface area contributed by atoms with Crippen LogP contribution in [0.3, 0.4) is 0 Å². The Hall–Kier alpha value is -1.88. The highest BCUT2D eigenvalue weighted by Gasteiger charge is 2.35. The van der Waals surface area contributed by atoms with Gasteiger partial charge < -0.3 is 15.0 Å². The summed E-state index contributed by atoms with van der Waals surface area (Å²) in [7, 11) is 1.58. The number of nitrogens with one attached hydrogen (secondary N) is 1. The predicted octanol–water partition coefficient (Wildman–Crippen LogP) is 0.721. The Kier molecular flexibility index (Phi) is 4.16. The van der Waals surface area contributed by atoms with Gasteiger partial charge >= 0.3 is 0 Å². The van der Waals surface area contributed by atoms with Crippen molar-refractivity contribution in [3.8, 4) is 0 Å². The number of piperazine rings is 1. The number of nitrogens with zero attached hydrogens (tertiary/aromatic N) is 1. The van der Waals surface area contributed by atoms with Crippen molar-refractivity contribution in [2.24, 2.45) is 0 Å². The molecular weight excluding hydrogens is 244 g/mol. The lowest BCUT2D eigenvalue weighted by Crippen LogP contribution is -2.56. The number of methoxy groups -OCH3 is 1. The van der Waals surface area contributed by atoms with Crippen LogP contribution in [0.1, 0.15) is 18.5 Å². The molecule has 0 radical (unpaired) electrons. The third kappa shape index (κ3) is 2.93. The van der Waals surface area contributed by atoms with E-state index in [9.17, 15) is 9.59 Å². The summed E-state index contributed by atoms with van der Waals surface area (Å²) in [6.45, 7) is 2.38. The quantitative estimate of drug-likeness (QED) is 0.870. The van der Waals surface area contributed by atoms with Crippen molar-refractivity contribution < 1.29 is 14.3 Å². The Morgan fingerprint density at radius 3 is 2.68 bits per heavy atom. The SMILES string of the molecule is COCC(C)N1CC(=O)NC(c2ccccc2)C1=O. The summed E-state index contributed by atoms with van der Waals surface area (Å²) in [5.74, 6) is -0.230. The van der Waals surface area contributed by atoms with Gasteiger partial charge in [-0.15, -0.1) is 0 Å². The highest BCUT2D eigenvalue weighted by Crippen LogP contribution is 2.20. The number of carbonyl (C=O) groups excluding carboxylic acids is 2. The van der Waals surface area contributed by atoms with Crippen LogP contribution < -0.4 is 5.32 Å². The van der Waals surface area contributed by atoms with Crippen LogP contribution in [-0.2, 0) is 14.3 Å². The average molecular weight is 262 g/mol. The largest absolute Gasteiger partial charge is 0.383 e. The van der Waals surface area contributed by atoms with Crippen molar-refractivity contribution >= 4 is 11.8 Å². The maximum absolute atomic E-state index is 12.4. The Bertz CT molecular complexity index is 461. The molecule has 0 bridgehead atoms. The molecule has 5 nitrogen and oxygen atoms in total. The molecule has 1 N–H and O–H groups in total. The van der Waals surface area contributed by atoms with Crippen LogP contribution in [0.2, 0.25) is 0 Å². The number of benzene rings is 1. The van der Waals surface area contributed by atoms with Crippen molar-refractivity contribution in [2.75, 3.05) is 20.3 Å². The van der Waals surface area contributed by atoms with Crippen LogP contribution in [0, 0.1) is 0 Å². The predicted molar refractivity (Wildman–Crippen MR) is 70.4 cm³/mol. The van der Waals surface area contributed by atoms with E-state index in [1.165, 1.54) is 0 Å². The summed E-state index contributed by atoms with van der Waals surface area (Å²) in [5.41, 5.74) is 0.801. The zero-order valence-corrected chi connectivity index (χ0v) is 11.1. The molecule has 0 aliphatic carbocycles. The fraction of sp³-hybridized carbons (Fsp3) is 0.429. The van der Waals surface area contributed by atoms with E-state index in [0.717, 1.165) is 5.56 Å². The molecule has 1 aliphatic heterocycles. The van der Waals surface area contributed by atoms with Gasteiger partial charge in [-0.05, 0) is 12.5 Å². The molecule has 2 rings (SSSR count). The van der Waals surface area contributed by atoms with Crippen molar-refractivity contribution in [1.82, 2.24) is 10.2 Å². The van der Waals surface area contributed by atoms with E-state index in [1.54, 1.807) is 12.0 Å². The van der Waals surface area contributed by atoms with E-state index in [1.807, 2.05) is 37.3 Å². The normalized spacial score (nSPS) is 21.2. The molecule has 2 unspecified atom stereocenters. The first-order valence-electron chi connectivity index (χ1n) is 6.27. The highest BCUT2D eigenvalue weighted by molar-refractivity contribution is 5.95. The molecule has 0 spiro atoms. The van der Waals surface area contributed by atoms with Gasteiger partial charge in [-0.3, -0.25) is 9.59 Å². The number of rotatable bonds is 4. The minimum Gasteiger partial charge on any atom is -0.383 e. The van der Waals surface area contributed by atoms with Crippen LogP contribution in [0.25, 0.3) is 0 Å². The van der Waals surface area contributed by atoms with Gasteiger partial charge in [-0.2, -0.15) is 0 Å². The standard InChI is InChI=1S/C14H18N2O3/c1-10(9-19-2)16-8-12(17)15-13(14(16)18)11-6-4-3-5-7-11/h3-7,10,13H,8-9H2,1-2H3,(H,15,17). The minimum absolute atomic E-state index is 0.0876. The molecule has 1 saturated heterocycles. The summed E-state index contributed by atoms with van der Waals surface area (Å²) in [6, 6.07) is 8.56. The van der Waals surface area contributed by atoms with E-state index in [-0.39, 0.29) is 24.4 Å². The summed E-state index contributed by atoms with van der Waals surface area (Å²) < 4.78 is 5.06. The lowest BCUT2D eigenvalue weighted by atomic mass is 10.0. The van der Waals surface area contributed by atoms with Gasteiger partial charge in [-0.1, -0.05) is 30.3 Å². The summed E-state index contributed by atoms with van der Waals surface area (Å²) in [5, 5.41) is 2.74. The first kappa shape index (κ1) is 13.5. The number of ether oxygens (including phenoxy) is 1. The number of hydrogen-bond acceptors (Lipinski definition) is 3. The molecule has 0 saturated carbocycles. The Balaban J connectivity index is 2.21. The second kappa shape index (κ2) is 5.84. The van der Waals surface area contributed by atoms with Gasteiger partial charge in [0.25, 0.3) is 5.91 Å². The summed E-state index contributed by atoms with van der Waals surface area (Å²) in [4.78, 5) is 25.8. The Morgan fingerprint density at radius 1 is 1.37 bits per heavy atom. The van der Waals surface area contributed by atoms with Gasteiger partial charge in [0.05, 0.1) is 19.2 Å². The lowest BCUT2D eigenvalue weighted by molar-refractivity contribution is -0.147. The molecule has 19 heavy (non-hydrogen) atoms. The molecule has 2 atom stereocenters. The van der Waals surface area contributed by atoms with Crippen molar-refractivity contribution in [3.05, 3.63) is 35.9 Å². The smallest absolute Gasteiger partial charge is 0.250 e. The molecular formula is C14H18N2O3. The van der Waals surface area contributed by atoms with E-state index < -0.39 is 6.04 Å². The van der Waals surface area contributed by atoms with Gasteiger partial charge in [0.2, 0.25) is 5.91 Å². The fourth-order valence-corrected chi connectivity index (χ4v) is 2.24. The zero-order chi connectivity index (χ0) is 13.8. The van der Waals surface area contributed by atoms with Gasteiger partial charge in [-0.25, -0.2) is 0 Å². The molecule has 1 aliphatic rings. The molecule has 0 aromatic heterocycles. The lowest BCUT2D eigenvalue weighted by Gasteiger charge is -2.36. The van der Waals surface area contributed by atoms with Crippen molar-refractivity contribution in [1.29, 1.82) is 0 Å². The third-order valence-electron chi connectivity index (χ3n) is 3.22. The zero-order valence-electron chi connectivity index (χ0n) is 11.1. The molecule has 1 heterocycles. The molecule has 1 fully saturated rings. The summed E-state index contributed by atoms with van der Waals surface area (Å²) in [6.07, 6.45) is 0. The monoisotopic (exact) mass is 262 g/mol. The first-order valence-corrected chi connectivity index (χ1v) is 6.27. The van der Waals surface area contributed by atoms with E-state index in [2.05, 4.69) is 5.32 Å². The molecule has 1 aromatic carbocycles. The Morgan fingerprint density at radius 2 is 2.05 bits per heavy atom. The highest BCUT2D eigenvalue weighted by atomic mass is 16.5. The number of carbonyl (C=O) groups is 2. The molecule has 102 valence electrons. The van der Waals surface area contributed by atoms with Gasteiger partial charge in [0.15, 0.2) is 0 Å².